The van der Waals surface area contributed by atoms with Gasteiger partial charge in [-0.25, -0.2) is 9.79 Å². The Morgan fingerprint density at radius 3 is 2.64 bits per heavy atom. The number of esters is 1. The maximum atomic E-state index is 13.8. The summed E-state index contributed by atoms with van der Waals surface area (Å²) in [6.45, 7) is 7.28. The van der Waals surface area contributed by atoms with Crippen LogP contribution in [0.3, 0.4) is 0 Å². The summed E-state index contributed by atoms with van der Waals surface area (Å²) in [6.07, 6.45) is 1.38. The van der Waals surface area contributed by atoms with Crippen LogP contribution < -0.4 is 24.4 Å². The molecule has 12 heteroatoms. The van der Waals surface area contributed by atoms with Crippen molar-refractivity contribution in [1.82, 2.24) is 4.57 Å². The van der Waals surface area contributed by atoms with E-state index in [1.54, 1.807) is 32.0 Å². The van der Waals surface area contributed by atoms with Crippen LogP contribution in [0.2, 0.25) is 0 Å². The number of hydrogen-bond donors (Lipinski definition) is 1. The number of rotatable bonds is 8. The number of benzene rings is 2. The zero-order chi connectivity index (χ0) is 28.4. The van der Waals surface area contributed by atoms with Crippen LogP contribution in [0.5, 0.6) is 17.2 Å². The van der Waals surface area contributed by atoms with Crippen molar-refractivity contribution in [1.29, 1.82) is 0 Å². The first-order chi connectivity index (χ1) is 18.5. The predicted molar refractivity (Wildman–Crippen MR) is 144 cm³/mol. The van der Waals surface area contributed by atoms with Gasteiger partial charge < -0.3 is 19.3 Å². The smallest absolute Gasteiger partial charge is 0.338 e. The molecule has 0 spiro atoms. The van der Waals surface area contributed by atoms with Gasteiger partial charge in [-0.15, -0.1) is 0 Å². The van der Waals surface area contributed by atoms with E-state index in [0.29, 0.717) is 33.1 Å². The summed E-state index contributed by atoms with van der Waals surface area (Å²) in [5.74, 6) is -0.144. The van der Waals surface area contributed by atoms with Gasteiger partial charge in [0.05, 0.1) is 46.6 Å². The molecule has 11 nitrogen and oxygen atoms in total. The molecule has 0 unspecified atom stereocenters. The Labute approximate surface area is 227 Å². The lowest BCUT2D eigenvalue weighted by atomic mass is 9.95. The minimum absolute atomic E-state index is 0.102. The van der Waals surface area contributed by atoms with Crippen LogP contribution in [0.4, 0.5) is 5.69 Å². The molecule has 1 aromatic heterocycles. The highest BCUT2D eigenvalue weighted by molar-refractivity contribution is 7.07. The van der Waals surface area contributed by atoms with Gasteiger partial charge in [-0.3, -0.25) is 19.5 Å². The molecular formula is C27H27N3O8S. The number of fused-ring (bicyclic) bond motifs is 1. The van der Waals surface area contributed by atoms with Crippen LogP contribution >= 0.6 is 11.3 Å². The maximum Gasteiger partial charge on any atom is 0.338 e. The number of ether oxygens (including phenoxy) is 3. The number of phenolic OH excluding ortho intramolecular Hbond substituents is 1. The van der Waals surface area contributed by atoms with Crippen molar-refractivity contribution in [3.05, 3.63) is 88.6 Å². The number of carbonyl (C=O) groups is 1. The molecule has 0 bridgehead atoms. The average molecular weight is 554 g/mol. The minimum Gasteiger partial charge on any atom is -0.502 e. The van der Waals surface area contributed by atoms with Crippen molar-refractivity contribution in [2.75, 3.05) is 13.7 Å². The highest BCUT2D eigenvalue weighted by Crippen LogP contribution is 2.36. The molecule has 1 atom stereocenters. The van der Waals surface area contributed by atoms with Gasteiger partial charge in [-0.2, -0.15) is 0 Å². The lowest BCUT2D eigenvalue weighted by Crippen LogP contribution is -2.40. The maximum absolute atomic E-state index is 13.8. The van der Waals surface area contributed by atoms with Crippen molar-refractivity contribution in [3.8, 4) is 17.2 Å². The molecule has 0 saturated heterocycles. The summed E-state index contributed by atoms with van der Waals surface area (Å²) in [4.78, 5) is 42.3. The second-order valence-electron chi connectivity index (χ2n) is 8.88. The number of allylic oxidation sites excluding steroid dienone is 1. The fourth-order valence-corrected chi connectivity index (χ4v) is 5.29. The largest absolute Gasteiger partial charge is 0.502 e. The van der Waals surface area contributed by atoms with Crippen molar-refractivity contribution in [2.45, 2.75) is 39.8 Å². The van der Waals surface area contributed by atoms with Crippen molar-refractivity contribution in [3.63, 3.8) is 0 Å². The Balaban J connectivity index is 1.94. The second kappa shape index (κ2) is 11.1. The SMILES string of the molecule is CCOC(=O)C1=C(C)N=c2s/c(=C\c3ccc(O)c([N+](=O)[O-])c3)c(=O)n2[C@@H]1c1ccc(OC(C)C)c(OC)c1. The van der Waals surface area contributed by atoms with E-state index < -0.39 is 33.9 Å². The van der Waals surface area contributed by atoms with Crippen LogP contribution in [-0.4, -0.2) is 40.4 Å². The number of nitrogens with zero attached hydrogens (tertiary/aromatic N) is 3. The highest BCUT2D eigenvalue weighted by atomic mass is 32.1. The molecule has 1 aliphatic heterocycles. The van der Waals surface area contributed by atoms with E-state index in [1.165, 1.54) is 36.0 Å². The molecule has 0 aliphatic carbocycles. The molecule has 1 N–H and O–H groups in total. The van der Waals surface area contributed by atoms with Gasteiger partial charge in [0.15, 0.2) is 22.0 Å². The van der Waals surface area contributed by atoms with Crippen molar-refractivity contribution in [2.24, 2.45) is 4.99 Å². The van der Waals surface area contributed by atoms with E-state index in [4.69, 9.17) is 14.2 Å². The Morgan fingerprint density at radius 1 is 1.26 bits per heavy atom. The topological polar surface area (TPSA) is 142 Å². The van der Waals surface area contributed by atoms with Gasteiger partial charge >= 0.3 is 11.7 Å². The third-order valence-corrected chi connectivity index (χ3v) is 6.86. The number of aromatic nitrogens is 1. The third kappa shape index (κ3) is 5.41. The summed E-state index contributed by atoms with van der Waals surface area (Å²) in [5.41, 5.74) is 0.595. The van der Waals surface area contributed by atoms with Gasteiger partial charge in [-0.1, -0.05) is 23.5 Å². The van der Waals surface area contributed by atoms with Crippen molar-refractivity contribution >= 4 is 29.1 Å². The van der Waals surface area contributed by atoms with Crippen LogP contribution in [-0.2, 0) is 9.53 Å². The normalized spacial score (nSPS) is 15.1. The third-order valence-electron chi connectivity index (χ3n) is 5.88. The fourth-order valence-electron chi connectivity index (χ4n) is 4.24. The first kappa shape index (κ1) is 27.6. The Hall–Kier alpha value is -4.45. The summed E-state index contributed by atoms with van der Waals surface area (Å²) in [6, 6.07) is 8.14. The number of aromatic hydroxyl groups is 1. The van der Waals surface area contributed by atoms with E-state index in [0.717, 1.165) is 11.3 Å². The zero-order valence-electron chi connectivity index (χ0n) is 22.0. The molecule has 2 aromatic carbocycles. The molecule has 0 radical (unpaired) electrons. The van der Waals surface area contributed by atoms with Crippen LogP contribution in [0, 0.1) is 10.1 Å². The zero-order valence-corrected chi connectivity index (χ0v) is 22.8. The van der Waals surface area contributed by atoms with E-state index in [2.05, 4.69) is 4.99 Å². The second-order valence-corrected chi connectivity index (χ2v) is 9.89. The van der Waals surface area contributed by atoms with Crippen molar-refractivity contribution < 1.29 is 29.0 Å². The molecule has 4 rings (SSSR count). The Bertz CT molecular complexity index is 1670. The van der Waals surface area contributed by atoms with Gasteiger partial charge in [-0.05, 0) is 63.1 Å². The highest BCUT2D eigenvalue weighted by Gasteiger charge is 2.34. The van der Waals surface area contributed by atoms with Gasteiger partial charge in [0.25, 0.3) is 5.56 Å². The molecule has 0 saturated carbocycles. The van der Waals surface area contributed by atoms with Gasteiger partial charge in [0, 0.05) is 6.07 Å². The molecule has 2 heterocycles. The predicted octanol–water partition coefficient (Wildman–Crippen LogP) is 3.21. The Kier molecular flexibility index (Phi) is 7.86. The molecule has 3 aromatic rings. The van der Waals surface area contributed by atoms with Gasteiger partial charge in [0.2, 0.25) is 0 Å². The summed E-state index contributed by atoms with van der Waals surface area (Å²) < 4.78 is 18.3. The van der Waals surface area contributed by atoms with Gasteiger partial charge in [0.1, 0.15) is 0 Å². The summed E-state index contributed by atoms with van der Waals surface area (Å²) in [5, 5.41) is 21.0. The molecule has 0 amide bonds. The number of nitro groups is 1. The van der Waals surface area contributed by atoms with E-state index in [9.17, 15) is 24.8 Å². The van der Waals surface area contributed by atoms with Crippen LogP contribution in [0.25, 0.3) is 6.08 Å². The minimum atomic E-state index is -0.876. The first-order valence-corrected chi connectivity index (χ1v) is 12.9. The standard InChI is InChI=1S/C27H27N3O8S/c1-6-37-26(33)23-15(4)28-27-29(24(23)17-8-10-20(38-14(2)3)21(13-17)36-5)25(32)22(39-27)12-16-7-9-19(31)18(11-16)30(34)35/h7-14,24,31H,6H2,1-5H3/b22-12-/t24-/m1/s1. The Morgan fingerprint density at radius 2 is 2.00 bits per heavy atom. The lowest BCUT2D eigenvalue weighted by molar-refractivity contribution is -0.385. The van der Waals surface area contributed by atoms with E-state index in [-0.39, 0.29) is 22.8 Å². The number of carbonyl (C=O) groups excluding carboxylic acids is 1. The summed E-state index contributed by atoms with van der Waals surface area (Å²) >= 11 is 1.08. The number of methoxy groups -OCH3 is 1. The van der Waals surface area contributed by atoms with E-state index >= 15 is 0 Å². The summed E-state index contributed by atoms with van der Waals surface area (Å²) in [7, 11) is 1.50. The van der Waals surface area contributed by atoms with Crippen LogP contribution in [0.1, 0.15) is 44.9 Å². The molecule has 39 heavy (non-hydrogen) atoms. The van der Waals surface area contributed by atoms with Crippen LogP contribution in [0.15, 0.2) is 57.5 Å². The fraction of sp³-hybridized carbons (Fsp3) is 0.296. The number of nitro benzene ring substituents is 1. The molecule has 1 aliphatic rings. The van der Waals surface area contributed by atoms with E-state index in [1.807, 2.05) is 13.8 Å². The molecular weight excluding hydrogens is 526 g/mol. The molecule has 0 fully saturated rings. The molecule has 204 valence electrons. The number of hydrogen-bond acceptors (Lipinski definition) is 10. The quantitative estimate of drug-likeness (QED) is 0.255. The first-order valence-electron chi connectivity index (χ1n) is 12.1. The lowest BCUT2D eigenvalue weighted by Gasteiger charge is -2.25. The number of thiazole rings is 1. The monoisotopic (exact) mass is 553 g/mol. The number of phenols is 1. The average Bonchev–Trinajstić information content (AvgIpc) is 3.18.